The molecule has 3 aromatic rings. The fraction of sp³-hybridized carbons (Fsp3) is 0. The van der Waals surface area contributed by atoms with Gasteiger partial charge in [-0.3, -0.25) is 0 Å². The highest BCUT2D eigenvalue weighted by atomic mass is 35.5. The largest absolute Gasteiger partial charge is 0.380 e. The molecule has 0 spiro atoms. The van der Waals surface area contributed by atoms with Gasteiger partial charge in [0.25, 0.3) is 0 Å². The van der Waals surface area contributed by atoms with Gasteiger partial charge in [0.05, 0.1) is 21.2 Å². The highest BCUT2D eigenvalue weighted by Gasteiger charge is 2.21. The maximum absolute atomic E-state index is 6.22. The monoisotopic (exact) mass is 338 g/mol. The van der Waals surface area contributed by atoms with Crippen LogP contribution in [0.1, 0.15) is 0 Å². The number of halogens is 3. The first-order valence-corrected chi connectivity index (χ1v) is 7.17. The van der Waals surface area contributed by atoms with Gasteiger partial charge < -0.3 is 10.3 Å². The Bertz CT molecular complexity index is 777. The number of aromatic nitrogens is 1. The maximum Gasteiger partial charge on any atom is 0.179 e. The van der Waals surface area contributed by atoms with Crippen molar-refractivity contribution in [2.75, 3.05) is 5.73 Å². The smallest absolute Gasteiger partial charge is 0.179 e. The molecule has 0 fully saturated rings. The minimum atomic E-state index is 0.267. The van der Waals surface area contributed by atoms with E-state index in [4.69, 9.17) is 45.1 Å². The van der Waals surface area contributed by atoms with Crippen LogP contribution in [0, 0.1) is 0 Å². The van der Waals surface area contributed by atoms with Gasteiger partial charge in [0, 0.05) is 5.02 Å². The second-order valence-electron chi connectivity index (χ2n) is 4.38. The molecule has 1 aromatic heterocycles. The van der Waals surface area contributed by atoms with Crippen LogP contribution in [0.25, 0.3) is 22.5 Å². The third-order valence-corrected chi connectivity index (χ3v) is 3.92. The maximum atomic E-state index is 6.22. The number of benzene rings is 2. The molecular weight excluding hydrogens is 331 g/mol. The van der Waals surface area contributed by atoms with E-state index < -0.39 is 0 Å². The molecule has 0 saturated heterocycles. The molecule has 0 unspecified atom stereocenters. The molecule has 2 aromatic carbocycles. The minimum Gasteiger partial charge on any atom is -0.380 e. The molecule has 0 amide bonds. The zero-order valence-electron chi connectivity index (χ0n) is 10.6. The first-order chi connectivity index (χ1) is 10.1. The van der Waals surface area contributed by atoms with Crippen LogP contribution in [0.4, 0.5) is 5.82 Å². The average Bonchev–Trinajstić information content (AvgIpc) is 2.82. The SMILES string of the molecule is Nc1noc(-c2c(Cl)cccc2Cl)c1-c1ccc(Cl)cc1. The first kappa shape index (κ1) is 14.3. The molecule has 3 rings (SSSR count). The van der Waals surface area contributed by atoms with E-state index in [1.165, 1.54) is 0 Å². The van der Waals surface area contributed by atoms with Crippen LogP contribution in [0.2, 0.25) is 15.1 Å². The summed E-state index contributed by atoms with van der Waals surface area (Å²) in [6.45, 7) is 0. The van der Waals surface area contributed by atoms with Crippen molar-refractivity contribution in [3.05, 3.63) is 57.5 Å². The fourth-order valence-electron chi connectivity index (χ4n) is 2.08. The van der Waals surface area contributed by atoms with Crippen molar-refractivity contribution in [1.82, 2.24) is 5.16 Å². The standard InChI is InChI=1S/C15H9Cl3N2O/c16-9-6-4-8(5-7-9)12-14(21-20-15(12)19)13-10(17)2-1-3-11(13)18/h1-7H,(H2,19,20). The molecule has 0 saturated carbocycles. The van der Waals surface area contributed by atoms with Crippen molar-refractivity contribution >= 4 is 40.6 Å². The second kappa shape index (κ2) is 5.60. The van der Waals surface area contributed by atoms with Gasteiger partial charge in [-0.15, -0.1) is 0 Å². The highest BCUT2D eigenvalue weighted by molar-refractivity contribution is 6.39. The number of hydrogen-bond acceptors (Lipinski definition) is 3. The first-order valence-electron chi connectivity index (χ1n) is 6.03. The van der Waals surface area contributed by atoms with E-state index in [1.807, 2.05) is 12.1 Å². The Morgan fingerprint density at radius 2 is 1.48 bits per heavy atom. The Kier molecular flexibility index (Phi) is 3.81. The summed E-state index contributed by atoms with van der Waals surface area (Å²) in [6, 6.07) is 12.4. The van der Waals surface area contributed by atoms with Crippen molar-refractivity contribution in [1.29, 1.82) is 0 Å². The summed E-state index contributed by atoms with van der Waals surface area (Å²) >= 11 is 18.4. The van der Waals surface area contributed by atoms with Crippen LogP contribution < -0.4 is 5.73 Å². The highest BCUT2D eigenvalue weighted by Crippen LogP contribution is 2.42. The zero-order valence-corrected chi connectivity index (χ0v) is 12.9. The van der Waals surface area contributed by atoms with E-state index in [1.54, 1.807) is 30.3 Å². The van der Waals surface area contributed by atoms with E-state index in [0.29, 0.717) is 32.0 Å². The second-order valence-corrected chi connectivity index (χ2v) is 5.63. The molecule has 2 N–H and O–H groups in total. The lowest BCUT2D eigenvalue weighted by molar-refractivity contribution is 0.436. The molecule has 0 aliphatic carbocycles. The van der Waals surface area contributed by atoms with Crippen LogP contribution >= 0.6 is 34.8 Å². The molecule has 6 heteroatoms. The molecule has 0 aliphatic rings. The average molecular weight is 340 g/mol. The van der Waals surface area contributed by atoms with Crippen LogP contribution in [0.5, 0.6) is 0 Å². The number of nitrogens with zero attached hydrogens (tertiary/aromatic N) is 1. The molecule has 0 aliphatic heterocycles. The summed E-state index contributed by atoms with van der Waals surface area (Å²) < 4.78 is 5.35. The fourth-order valence-corrected chi connectivity index (χ4v) is 2.78. The van der Waals surface area contributed by atoms with Crippen LogP contribution in [-0.2, 0) is 0 Å². The molecular formula is C15H9Cl3N2O. The van der Waals surface area contributed by atoms with E-state index in [9.17, 15) is 0 Å². The Morgan fingerprint density at radius 3 is 2.10 bits per heavy atom. The number of hydrogen-bond donors (Lipinski definition) is 1. The molecule has 3 nitrogen and oxygen atoms in total. The number of nitrogens with two attached hydrogens (primary N) is 1. The topological polar surface area (TPSA) is 52.0 Å². The van der Waals surface area contributed by atoms with Gasteiger partial charge in [-0.2, -0.15) is 0 Å². The lowest BCUT2D eigenvalue weighted by atomic mass is 10.0. The van der Waals surface area contributed by atoms with Crippen molar-refractivity contribution in [3.63, 3.8) is 0 Å². The number of nitrogen functional groups attached to an aromatic ring is 1. The van der Waals surface area contributed by atoms with Crippen LogP contribution in [0.3, 0.4) is 0 Å². The predicted octanol–water partition coefficient (Wildman–Crippen LogP) is 5.55. The van der Waals surface area contributed by atoms with E-state index in [2.05, 4.69) is 5.16 Å². The number of rotatable bonds is 2. The van der Waals surface area contributed by atoms with Gasteiger partial charge in [-0.1, -0.05) is 58.2 Å². The summed E-state index contributed by atoms with van der Waals surface area (Å²) in [6.07, 6.45) is 0. The molecule has 106 valence electrons. The van der Waals surface area contributed by atoms with Crippen molar-refractivity contribution in [2.45, 2.75) is 0 Å². The summed E-state index contributed by atoms with van der Waals surface area (Å²) in [4.78, 5) is 0. The molecule has 0 atom stereocenters. The Hall–Kier alpha value is -1.68. The molecule has 0 radical (unpaired) electrons. The number of anilines is 1. The quantitative estimate of drug-likeness (QED) is 0.666. The Morgan fingerprint density at radius 1 is 0.857 bits per heavy atom. The van der Waals surface area contributed by atoms with E-state index in [-0.39, 0.29) is 5.82 Å². The molecule has 1 heterocycles. The lowest BCUT2D eigenvalue weighted by Crippen LogP contribution is -1.89. The van der Waals surface area contributed by atoms with Gasteiger partial charge in [0.2, 0.25) is 0 Å². The van der Waals surface area contributed by atoms with Crippen LogP contribution in [-0.4, -0.2) is 5.16 Å². The third kappa shape index (κ3) is 2.60. The summed E-state index contributed by atoms with van der Waals surface area (Å²) in [5, 5.41) is 5.39. The van der Waals surface area contributed by atoms with Gasteiger partial charge in [-0.05, 0) is 29.8 Å². The Balaban J connectivity index is 2.24. The lowest BCUT2D eigenvalue weighted by Gasteiger charge is -2.06. The van der Waals surface area contributed by atoms with Gasteiger partial charge in [-0.25, -0.2) is 0 Å². The van der Waals surface area contributed by atoms with Gasteiger partial charge in [0.15, 0.2) is 11.6 Å². The van der Waals surface area contributed by atoms with Gasteiger partial charge >= 0.3 is 0 Å². The van der Waals surface area contributed by atoms with Gasteiger partial charge in [0.1, 0.15) is 0 Å². The predicted molar refractivity (Wildman–Crippen MR) is 86.8 cm³/mol. The summed E-state index contributed by atoms with van der Waals surface area (Å²) in [5.74, 6) is 0.703. The van der Waals surface area contributed by atoms with Crippen molar-refractivity contribution in [2.24, 2.45) is 0 Å². The molecule has 0 bridgehead atoms. The van der Waals surface area contributed by atoms with E-state index >= 15 is 0 Å². The van der Waals surface area contributed by atoms with Crippen molar-refractivity contribution < 1.29 is 4.52 Å². The van der Waals surface area contributed by atoms with Crippen LogP contribution in [0.15, 0.2) is 47.0 Å². The normalized spacial score (nSPS) is 10.8. The third-order valence-electron chi connectivity index (χ3n) is 3.04. The Labute approximate surface area is 136 Å². The van der Waals surface area contributed by atoms with E-state index in [0.717, 1.165) is 5.56 Å². The minimum absolute atomic E-state index is 0.267. The van der Waals surface area contributed by atoms with Crippen molar-refractivity contribution in [3.8, 4) is 22.5 Å². The zero-order chi connectivity index (χ0) is 15.0. The molecule has 21 heavy (non-hydrogen) atoms. The summed E-state index contributed by atoms with van der Waals surface area (Å²) in [7, 11) is 0. The summed E-state index contributed by atoms with van der Waals surface area (Å²) in [5.41, 5.74) is 7.95.